The molecule has 0 saturated carbocycles. The predicted octanol–water partition coefficient (Wildman–Crippen LogP) is 3.20. The number of fused-ring (bicyclic) bond motifs is 1. The zero-order chi connectivity index (χ0) is 19.8. The predicted molar refractivity (Wildman–Crippen MR) is 93.2 cm³/mol. The van der Waals surface area contributed by atoms with Gasteiger partial charge in [-0.05, 0) is 24.6 Å². The molecule has 1 amide bonds. The second kappa shape index (κ2) is 6.84. The number of hydrogen-bond donors (Lipinski definition) is 3. The van der Waals surface area contributed by atoms with E-state index in [0.29, 0.717) is 16.7 Å². The number of nitrogens with one attached hydrogen (secondary N) is 1. The molecule has 140 valence electrons. The Kier molecular flexibility index (Phi) is 4.71. The van der Waals surface area contributed by atoms with Gasteiger partial charge in [-0.1, -0.05) is 12.1 Å². The maximum absolute atomic E-state index is 13.3. The number of rotatable bonds is 4. The lowest BCUT2D eigenvalue weighted by atomic mass is 9.98. The summed E-state index contributed by atoms with van der Waals surface area (Å²) >= 11 is 0. The summed E-state index contributed by atoms with van der Waals surface area (Å²) < 4.78 is 40.0. The highest BCUT2D eigenvalue weighted by molar-refractivity contribution is 5.93. The van der Waals surface area contributed by atoms with Crippen molar-refractivity contribution in [2.24, 2.45) is 5.73 Å². The molecule has 6 nitrogen and oxygen atoms in total. The van der Waals surface area contributed by atoms with Crippen molar-refractivity contribution in [3.05, 3.63) is 53.4 Å². The van der Waals surface area contributed by atoms with E-state index in [1.54, 1.807) is 6.20 Å². The van der Waals surface area contributed by atoms with Crippen molar-refractivity contribution in [2.75, 3.05) is 0 Å². The van der Waals surface area contributed by atoms with Gasteiger partial charge in [0.15, 0.2) is 5.65 Å². The first kappa shape index (κ1) is 18.6. The highest BCUT2D eigenvalue weighted by Gasteiger charge is 2.34. The number of benzene rings is 1. The molecule has 1 aromatic carbocycles. The number of aromatic amines is 1. The van der Waals surface area contributed by atoms with Crippen LogP contribution in [0, 0.1) is 0 Å². The summed E-state index contributed by atoms with van der Waals surface area (Å²) in [5.41, 5.74) is 5.67. The smallest absolute Gasteiger partial charge is 0.389 e. The molecule has 0 aliphatic heterocycles. The molecule has 3 rings (SSSR count). The Labute approximate surface area is 151 Å². The zero-order valence-electron chi connectivity index (χ0n) is 14.1. The van der Waals surface area contributed by atoms with Gasteiger partial charge < -0.3 is 15.8 Å². The number of aliphatic hydroxyl groups excluding tert-OH is 1. The molecule has 0 radical (unpaired) electrons. The van der Waals surface area contributed by atoms with Gasteiger partial charge in [0.05, 0.1) is 23.6 Å². The van der Waals surface area contributed by atoms with Gasteiger partial charge in [0, 0.05) is 23.4 Å². The van der Waals surface area contributed by atoms with E-state index in [-0.39, 0.29) is 16.8 Å². The van der Waals surface area contributed by atoms with Crippen molar-refractivity contribution < 1.29 is 23.1 Å². The summed E-state index contributed by atoms with van der Waals surface area (Å²) in [6.45, 7) is 1.27. The Bertz CT molecular complexity index is 1040. The van der Waals surface area contributed by atoms with Crippen LogP contribution in [0.1, 0.15) is 29.7 Å². The number of nitrogens with zero attached hydrogens (tertiary/aromatic N) is 2. The van der Waals surface area contributed by atoms with Gasteiger partial charge in [-0.2, -0.15) is 13.2 Å². The lowest BCUT2D eigenvalue weighted by Gasteiger charge is -2.16. The first-order valence-corrected chi connectivity index (χ1v) is 7.88. The Morgan fingerprint density at radius 1 is 1.37 bits per heavy atom. The van der Waals surface area contributed by atoms with Crippen LogP contribution in [0.5, 0.6) is 0 Å². The first-order valence-electron chi connectivity index (χ1n) is 7.88. The van der Waals surface area contributed by atoms with Crippen LogP contribution in [-0.4, -0.2) is 26.0 Å². The summed E-state index contributed by atoms with van der Waals surface area (Å²) in [4.78, 5) is 22.3. The minimum Gasteiger partial charge on any atom is -0.389 e. The van der Waals surface area contributed by atoms with E-state index in [0.717, 1.165) is 12.1 Å². The number of H-pyrrole nitrogens is 1. The summed E-state index contributed by atoms with van der Waals surface area (Å²) in [5.74, 6) is -0.642. The highest BCUT2D eigenvalue weighted by Crippen LogP contribution is 2.37. The number of aromatic nitrogens is 3. The fourth-order valence-corrected chi connectivity index (χ4v) is 2.67. The van der Waals surface area contributed by atoms with E-state index in [2.05, 4.69) is 15.0 Å². The molecule has 0 spiro atoms. The van der Waals surface area contributed by atoms with Crippen LogP contribution in [0.4, 0.5) is 13.2 Å². The molecule has 27 heavy (non-hydrogen) atoms. The van der Waals surface area contributed by atoms with E-state index in [1.807, 2.05) is 0 Å². The van der Waals surface area contributed by atoms with E-state index >= 15 is 0 Å². The molecule has 2 aromatic heterocycles. The molecule has 0 saturated heterocycles. The van der Waals surface area contributed by atoms with E-state index < -0.39 is 23.8 Å². The second-order valence-electron chi connectivity index (χ2n) is 5.91. The Morgan fingerprint density at radius 2 is 2.11 bits per heavy atom. The van der Waals surface area contributed by atoms with Gasteiger partial charge in [-0.25, -0.2) is 9.97 Å². The topological polar surface area (TPSA) is 105 Å². The van der Waals surface area contributed by atoms with Crippen molar-refractivity contribution >= 4 is 23.1 Å². The maximum Gasteiger partial charge on any atom is 0.416 e. The van der Waals surface area contributed by atoms with Gasteiger partial charge >= 0.3 is 6.18 Å². The average molecular weight is 376 g/mol. The molecule has 0 bridgehead atoms. The summed E-state index contributed by atoms with van der Waals surface area (Å²) in [6.07, 6.45) is -0.389. The monoisotopic (exact) mass is 376 g/mol. The van der Waals surface area contributed by atoms with Crippen LogP contribution < -0.4 is 5.73 Å². The normalized spacial score (nSPS) is 13.4. The number of amides is 1. The van der Waals surface area contributed by atoms with Crippen LogP contribution >= 0.6 is 0 Å². The number of carbonyl (C=O) groups is 1. The molecule has 3 aromatic rings. The fraction of sp³-hybridized carbons (Fsp3) is 0.167. The minimum absolute atomic E-state index is 0.201. The van der Waals surface area contributed by atoms with Crippen LogP contribution in [0.25, 0.3) is 28.5 Å². The largest absolute Gasteiger partial charge is 0.416 e. The third-order valence-corrected chi connectivity index (χ3v) is 3.94. The number of primary amides is 1. The van der Waals surface area contributed by atoms with E-state index in [1.165, 1.54) is 31.3 Å². The van der Waals surface area contributed by atoms with Crippen LogP contribution in [0.15, 0.2) is 36.7 Å². The standard InChI is InChI=1S/C18H15F3N4O2/c1-9(26)12-4-2-10(6-13(12)18(19,20)21)14-8-24-17-16(25-14)11(7-23-17)3-5-15(22)27/h2-9,26H,1H3,(H2,22,27)(H,23,24)/b5-3+/t9-/m0/s1. The van der Waals surface area contributed by atoms with Crippen molar-refractivity contribution in [2.45, 2.75) is 19.2 Å². The number of nitrogens with two attached hydrogens (primary N) is 1. The lowest BCUT2D eigenvalue weighted by molar-refractivity contribution is -0.139. The van der Waals surface area contributed by atoms with Crippen molar-refractivity contribution in [1.82, 2.24) is 15.0 Å². The highest BCUT2D eigenvalue weighted by atomic mass is 19.4. The van der Waals surface area contributed by atoms with Crippen molar-refractivity contribution in [3.63, 3.8) is 0 Å². The zero-order valence-corrected chi connectivity index (χ0v) is 14.1. The maximum atomic E-state index is 13.3. The molecule has 1 atom stereocenters. The lowest BCUT2D eigenvalue weighted by Crippen LogP contribution is -2.11. The fourth-order valence-electron chi connectivity index (χ4n) is 2.67. The number of halogens is 3. The number of carbonyl (C=O) groups excluding carboxylic acids is 1. The number of aliphatic hydroxyl groups is 1. The third-order valence-electron chi connectivity index (χ3n) is 3.94. The second-order valence-corrected chi connectivity index (χ2v) is 5.91. The number of alkyl halides is 3. The Balaban J connectivity index is 2.12. The molecule has 0 aliphatic rings. The van der Waals surface area contributed by atoms with Gasteiger partial charge in [-0.15, -0.1) is 0 Å². The van der Waals surface area contributed by atoms with Crippen LogP contribution in [-0.2, 0) is 11.0 Å². The van der Waals surface area contributed by atoms with Gasteiger partial charge in [0.1, 0.15) is 5.52 Å². The van der Waals surface area contributed by atoms with Crippen LogP contribution in [0.2, 0.25) is 0 Å². The molecule has 0 aliphatic carbocycles. The van der Waals surface area contributed by atoms with E-state index in [4.69, 9.17) is 5.73 Å². The SMILES string of the molecule is C[C@H](O)c1ccc(-c2cnc3[nH]cc(/C=C/C(N)=O)c3n2)cc1C(F)(F)F. The van der Waals surface area contributed by atoms with Gasteiger partial charge in [0.2, 0.25) is 5.91 Å². The summed E-state index contributed by atoms with van der Waals surface area (Å²) in [5, 5.41) is 9.61. The summed E-state index contributed by atoms with van der Waals surface area (Å²) in [7, 11) is 0. The Morgan fingerprint density at radius 3 is 2.74 bits per heavy atom. The van der Waals surface area contributed by atoms with Crippen LogP contribution in [0.3, 0.4) is 0 Å². The molecule has 0 fully saturated rings. The molecule has 0 unspecified atom stereocenters. The molecule has 2 heterocycles. The molecular weight excluding hydrogens is 361 g/mol. The summed E-state index contributed by atoms with van der Waals surface area (Å²) in [6, 6.07) is 3.60. The first-order chi connectivity index (χ1) is 12.7. The Hall–Kier alpha value is -3.20. The minimum atomic E-state index is -4.62. The van der Waals surface area contributed by atoms with Crippen molar-refractivity contribution in [3.8, 4) is 11.3 Å². The quantitative estimate of drug-likeness (QED) is 0.608. The molecule has 4 N–H and O–H groups in total. The van der Waals surface area contributed by atoms with Gasteiger partial charge in [0.25, 0.3) is 0 Å². The van der Waals surface area contributed by atoms with E-state index in [9.17, 15) is 23.1 Å². The third kappa shape index (κ3) is 3.82. The van der Waals surface area contributed by atoms with Gasteiger partial charge in [-0.3, -0.25) is 4.79 Å². The van der Waals surface area contributed by atoms with Crippen molar-refractivity contribution in [1.29, 1.82) is 0 Å². The molecule has 9 heteroatoms. The number of hydrogen-bond acceptors (Lipinski definition) is 4. The molecular formula is C18H15F3N4O2. The average Bonchev–Trinajstić information content (AvgIpc) is 3.00.